The van der Waals surface area contributed by atoms with E-state index in [-0.39, 0.29) is 25.7 Å². The van der Waals surface area contributed by atoms with Crippen molar-refractivity contribution >= 4 is 39.5 Å². The van der Waals surface area contributed by atoms with Gasteiger partial charge in [0.1, 0.15) is 19.3 Å². The van der Waals surface area contributed by atoms with Gasteiger partial charge in [-0.05, 0) is 69.1 Å². The van der Waals surface area contributed by atoms with Crippen LogP contribution in [0.4, 0.5) is 0 Å². The number of aliphatic hydroxyl groups is 1. The summed E-state index contributed by atoms with van der Waals surface area (Å²) in [5, 5.41) is 10.7. The van der Waals surface area contributed by atoms with E-state index in [2.05, 4.69) is 72.8 Å². The Balaban J connectivity index is 5.29. The van der Waals surface area contributed by atoms with Gasteiger partial charge in [0.2, 0.25) is 0 Å². The zero-order valence-electron chi connectivity index (χ0n) is 67.3. The molecular weight excluding hydrogens is 1340 g/mol. The van der Waals surface area contributed by atoms with E-state index in [0.29, 0.717) is 25.7 Å². The number of rotatable bonds is 80. The molecule has 17 nitrogen and oxygen atoms in total. The number of unbranched alkanes of at least 4 members (excludes halogenated alkanes) is 45. The fourth-order valence-corrected chi connectivity index (χ4v) is 14.1. The Labute approximate surface area is 631 Å². The van der Waals surface area contributed by atoms with Crippen LogP contribution in [-0.4, -0.2) is 96.7 Å². The molecule has 0 rings (SSSR count). The fourth-order valence-electron chi connectivity index (χ4n) is 12.5. The second-order valence-corrected chi connectivity index (χ2v) is 33.9. The third-order valence-corrected chi connectivity index (χ3v) is 20.9. The molecule has 0 heterocycles. The van der Waals surface area contributed by atoms with E-state index in [1.165, 1.54) is 212 Å². The normalized spacial score (nSPS) is 14.1. The number of phosphoric ester groups is 2. The van der Waals surface area contributed by atoms with Crippen molar-refractivity contribution in [3.8, 4) is 0 Å². The summed E-state index contributed by atoms with van der Waals surface area (Å²) in [6.45, 7) is 11.9. The van der Waals surface area contributed by atoms with Gasteiger partial charge < -0.3 is 33.8 Å². The smallest absolute Gasteiger partial charge is 0.462 e. The number of aliphatic hydroxyl groups excluding tert-OH is 1. The molecule has 103 heavy (non-hydrogen) atoms. The van der Waals surface area contributed by atoms with Crippen LogP contribution in [0.1, 0.15) is 414 Å². The Bertz CT molecular complexity index is 2090. The summed E-state index contributed by atoms with van der Waals surface area (Å²) >= 11 is 0. The third kappa shape index (κ3) is 77.5. The van der Waals surface area contributed by atoms with Gasteiger partial charge in [0.25, 0.3) is 0 Å². The molecule has 3 N–H and O–H groups in total. The molecule has 0 radical (unpaired) electrons. The summed E-state index contributed by atoms with van der Waals surface area (Å²) in [5.41, 5.74) is 0. The van der Waals surface area contributed by atoms with Crippen LogP contribution in [0.2, 0.25) is 0 Å². The lowest BCUT2D eigenvalue weighted by atomic mass is 10.0. The lowest BCUT2D eigenvalue weighted by Gasteiger charge is -2.21. The van der Waals surface area contributed by atoms with Gasteiger partial charge in [-0.3, -0.25) is 37.3 Å². The number of carbonyl (C=O) groups is 4. The van der Waals surface area contributed by atoms with Gasteiger partial charge in [-0.15, -0.1) is 0 Å². The molecular formula is C84H160O17P2. The number of hydrogen-bond donors (Lipinski definition) is 3. The van der Waals surface area contributed by atoms with Crippen molar-refractivity contribution in [2.45, 2.75) is 433 Å². The van der Waals surface area contributed by atoms with Crippen molar-refractivity contribution in [1.29, 1.82) is 0 Å². The van der Waals surface area contributed by atoms with Crippen LogP contribution in [0.3, 0.4) is 0 Å². The Morgan fingerprint density at radius 1 is 0.301 bits per heavy atom. The van der Waals surface area contributed by atoms with E-state index >= 15 is 0 Å². The Morgan fingerprint density at radius 3 is 0.786 bits per heavy atom. The summed E-state index contributed by atoms with van der Waals surface area (Å²) in [6.07, 6.45) is 66.0. The zero-order chi connectivity index (χ0) is 75.8. The summed E-state index contributed by atoms with van der Waals surface area (Å²) in [6, 6.07) is 0. The first kappa shape index (κ1) is 101. The molecule has 0 aliphatic rings. The fraction of sp³-hybridized carbons (Fsp3) is 0.905. The van der Waals surface area contributed by atoms with Crippen LogP contribution in [0.5, 0.6) is 0 Å². The Morgan fingerprint density at radius 2 is 0.524 bits per heavy atom. The van der Waals surface area contributed by atoms with Crippen molar-refractivity contribution in [2.75, 3.05) is 39.6 Å². The van der Waals surface area contributed by atoms with Gasteiger partial charge in [0.05, 0.1) is 26.4 Å². The monoisotopic (exact) mass is 1500 g/mol. The number of hydrogen-bond acceptors (Lipinski definition) is 15. The minimum absolute atomic E-state index is 0.0846. The average molecular weight is 1500 g/mol. The van der Waals surface area contributed by atoms with Gasteiger partial charge in [0, 0.05) is 25.7 Å². The number of phosphoric acid groups is 2. The summed E-state index contributed by atoms with van der Waals surface area (Å²) in [4.78, 5) is 73.1. The van der Waals surface area contributed by atoms with Gasteiger partial charge in [-0.1, -0.05) is 362 Å². The van der Waals surface area contributed by atoms with Crippen LogP contribution in [0, 0.1) is 17.8 Å². The van der Waals surface area contributed by atoms with Crippen molar-refractivity contribution < 1.29 is 80.2 Å². The van der Waals surface area contributed by atoms with Crippen molar-refractivity contribution in [3.63, 3.8) is 0 Å². The maximum atomic E-state index is 13.1. The molecule has 0 aromatic heterocycles. The summed E-state index contributed by atoms with van der Waals surface area (Å²) in [5.74, 6) is 0.210. The summed E-state index contributed by atoms with van der Waals surface area (Å²) < 4.78 is 68.8. The zero-order valence-corrected chi connectivity index (χ0v) is 69.1. The summed E-state index contributed by atoms with van der Waals surface area (Å²) in [7, 11) is -9.94. The van der Waals surface area contributed by atoms with Gasteiger partial charge in [0.15, 0.2) is 12.2 Å². The number of allylic oxidation sites excluding steroid dienone is 4. The highest BCUT2D eigenvalue weighted by atomic mass is 31.2. The molecule has 0 saturated heterocycles. The highest BCUT2D eigenvalue weighted by Crippen LogP contribution is 2.45. The lowest BCUT2D eigenvalue weighted by molar-refractivity contribution is -0.161. The molecule has 0 aliphatic heterocycles. The number of esters is 4. The van der Waals surface area contributed by atoms with Crippen LogP contribution >= 0.6 is 15.6 Å². The molecule has 5 atom stereocenters. The Hall–Kier alpha value is -2.46. The first-order chi connectivity index (χ1) is 49.7. The predicted octanol–water partition coefficient (Wildman–Crippen LogP) is 24.9. The van der Waals surface area contributed by atoms with Crippen LogP contribution in [0.15, 0.2) is 24.3 Å². The van der Waals surface area contributed by atoms with Gasteiger partial charge in [-0.2, -0.15) is 0 Å². The van der Waals surface area contributed by atoms with E-state index in [9.17, 15) is 43.2 Å². The molecule has 0 bridgehead atoms. The minimum Gasteiger partial charge on any atom is -0.462 e. The molecule has 0 aliphatic carbocycles. The molecule has 0 saturated carbocycles. The number of ether oxygens (including phenoxy) is 4. The lowest BCUT2D eigenvalue weighted by Crippen LogP contribution is -2.30. The Kier molecular flexibility index (Phi) is 71.9. The third-order valence-electron chi connectivity index (χ3n) is 19.0. The van der Waals surface area contributed by atoms with Crippen molar-refractivity contribution in [3.05, 3.63) is 24.3 Å². The first-order valence-electron chi connectivity index (χ1n) is 42.7. The molecule has 0 spiro atoms. The highest BCUT2D eigenvalue weighted by molar-refractivity contribution is 7.47. The molecule has 0 fully saturated rings. The van der Waals surface area contributed by atoms with E-state index in [1.807, 2.05) is 0 Å². The molecule has 2 unspecified atom stereocenters. The standard InChI is InChI=1S/C84H160O17P2/c1-8-9-10-11-12-13-14-15-18-26-31-38-46-53-60-67-83(88)101-80(72-95-82(87)66-59-52-45-40-33-36-43-50-57-64-77(6)7)74-99-103(92,93)97-70-78(85)69-96-102(90,91)98-73-79(71-94-81(86)65-58-51-44-37-30-25-22-21-24-29-35-42-49-56-63-76(4)5)100-84(89)68-61-54-47-39-32-27-20-17-16-19-23-28-34-41-48-55-62-75(2)3/h13-15,18,75-80,85H,8-12,16-17,19-74H2,1-7H3,(H,90,91)(H,92,93)/b14-13-,18-15-/t78-,79-,80-/m1/s1. The second-order valence-electron chi connectivity index (χ2n) is 31.0. The van der Waals surface area contributed by atoms with E-state index in [1.54, 1.807) is 0 Å². The topological polar surface area (TPSA) is 237 Å². The average Bonchev–Trinajstić information content (AvgIpc) is 0.906. The second kappa shape index (κ2) is 73.7. The molecule has 0 aromatic carbocycles. The minimum atomic E-state index is -4.97. The predicted molar refractivity (Wildman–Crippen MR) is 423 cm³/mol. The van der Waals surface area contributed by atoms with E-state index < -0.39 is 97.5 Å². The maximum absolute atomic E-state index is 13.1. The molecule has 0 aromatic rings. The van der Waals surface area contributed by atoms with Crippen LogP contribution < -0.4 is 0 Å². The molecule has 19 heteroatoms. The van der Waals surface area contributed by atoms with Crippen LogP contribution in [0.25, 0.3) is 0 Å². The quantitative estimate of drug-likeness (QED) is 0.0169. The van der Waals surface area contributed by atoms with Crippen molar-refractivity contribution in [1.82, 2.24) is 0 Å². The molecule has 0 amide bonds. The van der Waals surface area contributed by atoms with Gasteiger partial charge >= 0.3 is 39.5 Å². The van der Waals surface area contributed by atoms with Gasteiger partial charge in [-0.25, -0.2) is 9.13 Å². The largest absolute Gasteiger partial charge is 0.472 e. The maximum Gasteiger partial charge on any atom is 0.472 e. The van der Waals surface area contributed by atoms with Crippen molar-refractivity contribution in [2.24, 2.45) is 17.8 Å². The van der Waals surface area contributed by atoms with E-state index in [0.717, 1.165) is 120 Å². The first-order valence-corrected chi connectivity index (χ1v) is 45.7. The molecule has 608 valence electrons. The number of carbonyl (C=O) groups excluding carboxylic acids is 4. The SMILES string of the molecule is CCCCCC/C=C\C=C/CCCCCCCC(=O)O[C@H](COC(=O)CCCCCCCCCCCC(C)C)COP(=O)(O)OC[C@H](O)COP(=O)(O)OC[C@@H](COC(=O)CCCCCCCCCCCCCCCCC(C)C)OC(=O)CCCCCCCCCCCCCCCCCCC(C)C. The van der Waals surface area contributed by atoms with E-state index in [4.69, 9.17) is 37.0 Å². The van der Waals surface area contributed by atoms with Crippen LogP contribution in [-0.2, 0) is 65.4 Å². The highest BCUT2D eigenvalue weighted by Gasteiger charge is 2.30.